The number of thiophene rings is 1. The van der Waals surface area contributed by atoms with E-state index in [1.54, 1.807) is 18.3 Å². The fourth-order valence-corrected chi connectivity index (χ4v) is 3.87. The second-order valence-electron chi connectivity index (χ2n) is 6.82. The number of hydrogen-bond donors (Lipinski definition) is 3. The second kappa shape index (κ2) is 8.87. The quantitative estimate of drug-likeness (QED) is 0.420. The van der Waals surface area contributed by atoms with Crippen LogP contribution in [0.15, 0.2) is 60.1 Å². The lowest BCUT2D eigenvalue weighted by atomic mass is 10.1. The van der Waals surface area contributed by atoms with Crippen molar-refractivity contribution in [3.63, 3.8) is 0 Å². The van der Waals surface area contributed by atoms with E-state index in [-0.39, 0.29) is 17.7 Å². The summed E-state index contributed by atoms with van der Waals surface area (Å²) in [6.07, 6.45) is 2.40. The number of aromatic nitrogens is 3. The van der Waals surface area contributed by atoms with Crippen LogP contribution in [-0.4, -0.2) is 32.5 Å². The number of carbonyl (C=O) groups is 1. The molecule has 0 aliphatic carbocycles. The van der Waals surface area contributed by atoms with Crippen molar-refractivity contribution >= 4 is 33.4 Å². The van der Waals surface area contributed by atoms with Crippen LogP contribution in [0, 0.1) is 0 Å². The third-order valence-corrected chi connectivity index (χ3v) is 5.54. The van der Waals surface area contributed by atoms with Gasteiger partial charge in [-0.15, -0.1) is 11.3 Å². The molecule has 1 amide bonds. The standard InChI is InChI=1S/C22H21N5O2S/c1-14(17-4-2-3-11-23-17)25-22-26-18-10-13-30-20(18)19(27-22)21(29)24-12-9-15-5-7-16(28)8-6-15/h2-8,10-11,13-14,28H,9,12H2,1H3,(H,24,29)(H,25,26,27). The van der Waals surface area contributed by atoms with Crippen molar-refractivity contribution in [2.45, 2.75) is 19.4 Å². The van der Waals surface area contributed by atoms with Crippen molar-refractivity contribution in [2.24, 2.45) is 0 Å². The Morgan fingerprint density at radius 1 is 1.13 bits per heavy atom. The summed E-state index contributed by atoms with van der Waals surface area (Å²) in [5.41, 5.74) is 2.99. The topological polar surface area (TPSA) is 100 Å². The first-order valence-corrected chi connectivity index (χ1v) is 10.5. The summed E-state index contributed by atoms with van der Waals surface area (Å²) in [6, 6.07) is 14.4. The van der Waals surface area contributed by atoms with Gasteiger partial charge in [-0.25, -0.2) is 9.97 Å². The number of aromatic hydroxyl groups is 1. The number of pyridine rings is 1. The number of nitrogens with zero attached hydrogens (tertiary/aromatic N) is 3. The Labute approximate surface area is 177 Å². The average molecular weight is 420 g/mol. The van der Waals surface area contributed by atoms with Crippen molar-refractivity contribution in [2.75, 3.05) is 11.9 Å². The Hall–Kier alpha value is -3.52. The SMILES string of the molecule is CC(Nc1nc(C(=O)NCCc2ccc(O)cc2)c2sccc2n1)c1ccccn1. The first-order valence-electron chi connectivity index (χ1n) is 9.59. The predicted molar refractivity (Wildman–Crippen MR) is 118 cm³/mol. The molecule has 0 radical (unpaired) electrons. The van der Waals surface area contributed by atoms with Gasteiger partial charge in [0.05, 0.1) is 22.0 Å². The van der Waals surface area contributed by atoms with Crippen LogP contribution in [0.25, 0.3) is 10.2 Å². The summed E-state index contributed by atoms with van der Waals surface area (Å²) in [7, 11) is 0. The van der Waals surface area contributed by atoms with E-state index < -0.39 is 0 Å². The Morgan fingerprint density at radius 3 is 2.73 bits per heavy atom. The minimum atomic E-state index is -0.239. The van der Waals surface area contributed by atoms with E-state index >= 15 is 0 Å². The minimum absolute atomic E-state index is 0.104. The number of amides is 1. The Morgan fingerprint density at radius 2 is 1.97 bits per heavy atom. The Kier molecular flexibility index (Phi) is 5.85. The molecule has 3 aromatic heterocycles. The highest BCUT2D eigenvalue weighted by molar-refractivity contribution is 7.17. The molecule has 30 heavy (non-hydrogen) atoms. The molecular formula is C22H21N5O2S. The highest BCUT2D eigenvalue weighted by Crippen LogP contribution is 2.25. The van der Waals surface area contributed by atoms with Gasteiger partial charge < -0.3 is 15.7 Å². The first-order chi connectivity index (χ1) is 14.6. The monoisotopic (exact) mass is 419 g/mol. The molecule has 0 saturated carbocycles. The number of hydrogen-bond acceptors (Lipinski definition) is 7. The summed E-state index contributed by atoms with van der Waals surface area (Å²) in [5, 5.41) is 17.4. The van der Waals surface area contributed by atoms with Crippen LogP contribution >= 0.6 is 11.3 Å². The zero-order chi connectivity index (χ0) is 20.9. The molecule has 0 aliphatic rings. The number of phenolic OH excluding ortho intramolecular Hbond substituents is 1. The summed E-state index contributed by atoms with van der Waals surface area (Å²) >= 11 is 1.44. The van der Waals surface area contributed by atoms with E-state index in [0.29, 0.717) is 24.6 Å². The molecule has 7 nitrogen and oxygen atoms in total. The van der Waals surface area contributed by atoms with Crippen LogP contribution in [0.3, 0.4) is 0 Å². The van der Waals surface area contributed by atoms with Crippen molar-refractivity contribution < 1.29 is 9.90 Å². The average Bonchev–Trinajstić information content (AvgIpc) is 3.23. The molecule has 3 heterocycles. The molecule has 4 aromatic rings. The molecule has 3 N–H and O–H groups in total. The zero-order valence-corrected chi connectivity index (χ0v) is 17.2. The maximum Gasteiger partial charge on any atom is 0.271 e. The van der Waals surface area contributed by atoms with E-state index in [0.717, 1.165) is 21.5 Å². The maximum absolute atomic E-state index is 12.8. The molecule has 0 aliphatic heterocycles. The van der Waals surface area contributed by atoms with Crippen molar-refractivity contribution in [1.82, 2.24) is 20.3 Å². The molecule has 1 unspecified atom stereocenters. The van der Waals surface area contributed by atoms with Gasteiger partial charge in [0, 0.05) is 12.7 Å². The van der Waals surface area contributed by atoms with E-state index in [4.69, 9.17) is 0 Å². The van der Waals surface area contributed by atoms with Gasteiger partial charge in [-0.1, -0.05) is 18.2 Å². The largest absolute Gasteiger partial charge is 0.508 e. The van der Waals surface area contributed by atoms with Crippen LogP contribution in [0.1, 0.15) is 34.7 Å². The summed E-state index contributed by atoms with van der Waals surface area (Å²) in [5.74, 6) is 0.378. The predicted octanol–water partition coefficient (Wildman–Crippen LogP) is 3.94. The van der Waals surface area contributed by atoms with Gasteiger partial charge in [-0.3, -0.25) is 9.78 Å². The van der Waals surface area contributed by atoms with E-state index in [2.05, 4.69) is 25.6 Å². The lowest BCUT2D eigenvalue weighted by Gasteiger charge is -2.14. The number of carbonyl (C=O) groups excluding carboxylic acids is 1. The normalized spacial score (nSPS) is 11.9. The lowest BCUT2D eigenvalue weighted by Crippen LogP contribution is -2.27. The van der Waals surface area contributed by atoms with Crippen LogP contribution < -0.4 is 10.6 Å². The molecule has 0 saturated heterocycles. The third-order valence-electron chi connectivity index (χ3n) is 4.63. The smallest absolute Gasteiger partial charge is 0.271 e. The molecule has 1 atom stereocenters. The van der Waals surface area contributed by atoms with Gasteiger partial charge >= 0.3 is 0 Å². The molecule has 152 valence electrons. The van der Waals surface area contributed by atoms with Crippen LogP contribution in [0.5, 0.6) is 5.75 Å². The van der Waals surface area contributed by atoms with Crippen LogP contribution in [0.4, 0.5) is 5.95 Å². The number of fused-ring (bicyclic) bond motifs is 1. The summed E-state index contributed by atoms with van der Waals surface area (Å²) in [6.45, 7) is 2.44. The van der Waals surface area contributed by atoms with Crippen LogP contribution in [0.2, 0.25) is 0 Å². The number of phenols is 1. The van der Waals surface area contributed by atoms with Gasteiger partial charge in [0.1, 0.15) is 5.75 Å². The van der Waals surface area contributed by atoms with Gasteiger partial charge in [0.15, 0.2) is 5.69 Å². The Bertz CT molecular complexity index is 1150. The lowest BCUT2D eigenvalue weighted by molar-refractivity contribution is 0.0951. The molecule has 1 aromatic carbocycles. The molecule has 0 fully saturated rings. The molecule has 0 spiro atoms. The fourth-order valence-electron chi connectivity index (χ4n) is 3.05. The van der Waals surface area contributed by atoms with E-state index in [9.17, 15) is 9.90 Å². The van der Waals surface area contributed by atoms with Crippen molar-refractivity contribution in [1.29, 1.82) is 0 Å². The number of anilines is 1. The highest BCUT2D eigenvalue weighted by Gasteiger charge is 2.17. The third kappa shape index (κ3) is 4.55. The molecule has 0 bridgehead atoms. The van der Waals surface area contributed by atoms with Crippen molar-refractivity contribution in [3.8, 4) is 5.75 Å². The van der Waals surface area contributed by atoms with Crippen LogP contribution in [-0.2, 0) is 6.42 Å². The maximum atomic E-state index is 12.8. The Balaban J connectivity index is 1.49. The van der Waals surface area contributed by atoms with Gasteiger partial charge in [-0.2, -0.15) is 0 Å². The fraction of sp³-hybridized carbons (Fsp3) is 0.182. The highest BCUT2D eigenvalue weighted by atomic mass is 32.1. The first kappa shape index (κ1) is 19.8. The second-order valence-corrected chi connectivity index (χ2v) is 7.74. The minimum Gasteiger partial charge on any atom is -0.508 e. The number of rotatable bonds is 7. The van der Waals surface area contributed by atoms with Gasteiger partial charge in [0.25, 0.3) is 5.91 Å². The van der Waals surface area contributed by atoms with Gasteiger partial charge in [0.2, 0.25) is 5.95 Å². The zero-order valence-electron chi connectivity index (χ0n) is 16.4. The van der Waals surface area contributed by atoms with Crippen molar-refractivity contribution in [3.05, 3.63) is 77.1 Å². The van der Waals surface area contributed by atoms with E-state index in [1.807, 2.05) is 48.7 Å². The van der Waals surface area contributed by atoms with Gasteiger partial charge in [-0.05, 0) is 54.6 Å². The summed E-state index contributed by atoms with van der Waals surface area (Å²) < 4.78 is 0.758. The summed E-state index contributed by atoms with van der Waals surface area (Å²) in [4.78, 5) is 26.2. The molecule has 8 heteroatoms. The van der Waals surface area contributed by atoms with E-state index in [1.165, 1.54) is 11.3 Å². The molecule has 4 rings (SSSR count). The number of nitrogens with one attached hydrogen (secondary N) is 2. The number of benzene rings is 1. The molecular weight excluding hydrogens is 398 g/mol.